The maximum Gasteiger partial charge on any atom is 0.248 e. The van der Waals surface area contributed by atoms with E-state index in [0.717, 1.165) is 11.3 Å². The van der Waals surface area contributed by atoms with Crippen molar-refractivity contribution in [1.29, 1.82) is 0 Å². The average Bonchev–Trinajstić information content (AvgIpc) is 2.60. The maximum absolute atomic E-state index is 12.0. The number of sulfonamides is 1. The van der Waals surface area contributed by atoms with Gasteiger partial charge in [0, 0.05) is 11.8 Å². The molecular weight excluding hydrogens is 356 g/mol. The largest absolute Gasteiger partial charge is 0.495 e. The van der Waals surface area contributed by atoms with Crippen molar-refractivity contribution in [3.8, 4) is 11.5 Å². The lowest BCUT2D eigenvalue weighted by atomic mass is 10.2. The Bertz CT molecular complexity index is 906. The van der Waals surface area contributed by atoms with Gasteiger partial charge >= 0.3 is 0 Å². The van der Waals surface area contributed by atoms with Gasteiger partial charge in [-0.15, -0.1) is 0 Å². The van der Waals surface area contributed by atoms with Crippen LogP contribution >= 0.6 is 0 Å². The quantitative estimate of drug-likeness (QED) is 0.722. The van der Waals surface area contributed by atoms with Gasteiger partial charge in [-0.2, -0.15) is 0 Å². The zero-order valence-electron chi connectivity index (χ0n) is 14.4. The third-order valence-corrected chi connectivity index (χ3v) is 4.29. The number of hydrogen-bond acceptors (Lipinski definition) is 5. The summed E-state index contributed by atoms with van der Waals surface area (Å²) in [5.74, 6) is 0.447. The van der Waals surface area contributed by atoms with Crippen LogP contribution in [0, 0.1) is 0 Å². The molecule has 0 radical (unpaired) electrons. The second-order valence-electron chi connectivity index (χ2n) is 5.24. The van der Waals surface area contributed by atoms with Crippen LogP contribution in [0.25, 0.3) is 6.08 Å². The third-order valence-electron chi connectivity index (χ3n) is 3.36. The predicted octanol–water partition coefficient (Wildman–Crippen LogP) is 2.39. The molecule has 1 amide bonds. The summed E-state index contributed by atoms with van der Waals surface area (Å²) in [6.45, 7) is 2.48. The number of methoxy groups -OCH3 is 1. The number of nitrogens with two attached hydrogens (primary N) is 1. The molecule has 0 atom stereocenters. The molecule has 7 nitrogen and oxygen atoms in total. The Kier molecular flexibility index (Phi) is 6.37. The topological polar surface area (TPSA) is 108 Å². The molecule has 0 spiro atoms. The molecule has 138 valence electrons. The zero-order chi connectivity index (χ0) is 19.2. The van der Waals surface area contributed by atoms with E-state index in [1.165, 1.54) is 31.4 Å². The van der Waals surface area contributed by atoms with Crippen LogP contribution in [0.15, 0.2) is 53.4 Å². The van der Waals surface area contributed by atoms with Crippen LogP contribution in [-0.4, -0.2) is 28.0 Å². The monoisotopic (exact) mass is 376 g/mol. The first-order chi connectivity index (χ1) is 12.3. The van der Waals surface area contributed by atoms with Gasteiger partial charge in [-0.25, -0.2) is 13.6 Å². The molecule has 2 rings (SSSR count). The zero-order valence-corrected chi connectivity index (χ0v) is 15.2. The molecule has 2 aromatic carbocycles. The van der Waals surface area contributed by atoms with E-state index < -0.39 is 15.9 Å². The van der Waals surface area contributed by atoms with Crippen molar-refractivity contribution in [2.45, 2.75) is 11.8 Å². The van der Waals surface area contributed by atoms with Gasteiger partial charge in [0.2, 0.25) is 15.9 Å². The fraction of sp³-hybridized carbons (Fsp3) is 0.167. The van der Waals surface area contributed by atoms with Crippen LogP contribution in [0.4, 0.5) is 5.69 Å². The minimum Gasteiger partial charge on any atom is -0.495 e. The normalized spacial score (nSPS) is 11.3. The van der Waals surface area contributed by atoms with Crippen molar-refractivity contribution in [3.63, 3.8) is 0 Å². The molecule has 0 bridgehead atoms. The molecule has 0 aliphatic rings. The summed E-state index contributed by atoms with van der Waals surface area (Å²) < 4.78 is 33.5. The molecular formula is C18H20N2O5S. The molecule has 0 unspecified atom stereocenters. The molecule has 0 saturated heterocycles. The van der Waals surface area contributed by atoms with Crippen molar-refractivity contribution in [2.24, 2.45) is 5.14 Å². The van der Waals surface area contributed by atoms with Crippen LogP contribution in [-0.2, 0) is 14.8 Å². The first kappa shape index (κ1) is 19.5. The average molecular weight is 376 g/mol. The van der Waals surface area contributed by atoms with Crippen molar-refractivity contribution in [3.05, 3.63) is 54.1 Å². The van der Waals surface area contributed by atoms with Crippen LogP contribution in [0.2, 0.25) is 0 Å². The molecule has 0 aliphatic carbocycles. The molecule has 26 heavy (non-hydrogen) atoms. The van der Waals surface area contributed by atoms with Crippen LogP contribution in [0.1, 0.15) is 12.5 Å². The van der Waals surface area contributed by atoms with Crippen LogP contribution in [0.3, 0.4) is 0 Å². The van der Waals surface area contributed by atoms with E-state index >= 15 is 0 Å². The number of benzene rings is 2. The Labute approximate surface area is 152 Å². The fourth-order valence-corrected chi connectivity index (χ4v) is 2.90. The Hall–Kier alpha value is -2.84. The third kappa shape index (κ3) is 5.33. The summed E-state index contributed by atoms with van der Waals surface area (Å²) in [6, 6.07) is 11.5. The number of carbonyl (C=O) groups is 1. The van der Waals surface area contributed by atoms with E-state index in [1.54, 1.807) is 6.08 Å². The van der Waals surface area contributed by atoms with Gasteiger partial charge in [0.05, 0.1) is 13.7 Å². The molecule has 0 aromatic heterocycles. The van der Waals surface area contributed by atoms with Crippen LogP contribution < -0.4 is 19.9 Å². The number of primary sulfonamides is 1. The van der Waals surface area contributed by atoms with E-state index in [-0.39, 0.29) is 16.3 Å². The number of rotatable bonds is 7. The van der Waals surface area contributed by atoms with Crippen LogP contribution in [0.5, 0.6) is 11.5 Å². The van der Waals surface area contributed by atoms with E-state index in [1.807, 2.05) is 31.2 Å². The molecule has 0 saturated carbocycles. The lowest BCUT2D eigenvalue weighted by molar-refractivity contribution is -0.111. The van der Waals surface area contributed by atoms with Gasteiger partial charge in [0.15, 0.2) is 0 Å². The number of ether oxygens (including phenoxy) is 2. The number of hydrogen-bond donors (Lipinski definition) is 2. The van der Waals surface area contributed by atoms with E-state index in [4.69, 9.17) is 14.6 Å². The van der Waals surface area contributed by atoms with Crippen molar-refractivity contribution >= 4 is 27.7 Å². The van der Waals surface area contributed by atoms with Crippen molar-refractivity contribution in [2.75, 3.05) is 19.0 Å². The highest BCUT2D eigenvalue weighted by Gasteiger charge is 2.16. The smallest absolute Gasteiger partial charge is 0.248 e. The number of carbonyl (C=O) groups excluding carboxylic acids is 1. The van der Waals surface area contributed by atoms with Gasteiger partial charge in [0.25, 0.3) is 0 Å². The van der Waals surface area contributed by atoms with Gasteiger partial charge in [-0.05, 0) is 48.9 Å². The molecule has 3 N–H and O–H groups in total. The summed E-state index contributed by atoms with van der Waals surface area (Å²) in [4.78, 5) is 11.8. The molecule has 0 aliphatic heterocycles. The van der Waals surface area contributed by atoms with E-state index in [9.17, 15) is 13.2 Å². The predicted molar refractivity (Wildman–Crippen MR) is 99.6 cm³/mol. The first-order valence-corrected chi connectivity index (χ1v) is 9.31. The summed E-state index contributed by atoms with van der Waals surface area (Å²) in [7, 11) is -2.64. The molecule has 2 aromatic rings. The minimum absolute atomic E-state index is 0.107. The molecule has 8 heteroatoms. The molecule has 0 heterocycles. The van der Waals surface area contributed by atoms with E-state index in [0.29, 0.717) is 6.61 Å². The van der Waals surface area contributed by atoms with Gasteiger partial charge in [-0.1, -0.05) is 12.1 Å². The first-order valence-electron chi connectivity index (χ1n) is 7.76. The number of amides is 1. The Morgan fingerprint density at radius 1 is 1.19 bits per heavy atom. The Balaban J connectivity index is 2.10. The summed E-state index contributed by atoms with van der Waals surface area (Å²) in [6.07, 6.45) is 2.98. The number of nitrogens with one attached hydrogen (secondary N) is 1. The van der Waals surface area contributed by atoms with Gasteiger partial charge in [0.1, 0.15) is 16.4 Å². The van der Waals surface area contributed by atoms with Crippen molar-refractivity contribution < 1.29 is 22.7 Å². The van der Waals surface area contributed by atoms with Gasteiger partial charge < -0.3 is 14.8 Å². The summed E-state index contributed by atoms with van der Waals surface area (Å²) >= 11 is 0. The summed E-state index contributed by atoms with van der Waals surface area (Å²) in [5, 5.41) is 7.74. The highest BCUT2D eigenvalue weighted by molar-refractivity contribution is 7.89. The second-order valence-corrected chi connectivity index (χ2v) is 6.77. The molecule has 0 fully saturated rings. The Morgan fingerprint density at radius 3 is 2.46 bits per heavy atom. The second kappa shape index (κ2) is 8.50. The standard InChI is InChI=1S/C18H20N2O5S/c1-3-25-15-8-4-13(5-9-15)6-11-18(21)20-14-7-10-16(24-2)17(12-14)26(19,22)23/h4-12H,3H2,1-2H3,(H,20,21)(H2,19,22,23)/b11-6+. The fourth-order valence-electron chi connectivity index (χ4n) is 2.17. The maximum atomic E-state index is 12.0. The van der Waals surface area contributed by atoms with Gasteiger partial charge in [-0.3, -0.25) is 4.79 Å². The van der Waals surface area contributed by atoms with E-state index in [2.05, 4.69) is 5.32 Å². The minimum atomic E-state index is -3.97. The Morgan fingerprint density at radius 2 is 1.88 bits per heavy atom. The van der Waals surface area contributed by atoms with Crippen molar-refractivity contribution in [1.82, 2.24) is 0 Å². The lowest BCUT2D eigenvalue weighted by Gasteiger charge is -2.09. The lowest BCUT2D eigenvalue weighted by Crippen LogP contribution is -2.15. The SMILES string of the molecule is CCOc1ccc(/C=C/C(=O)Nc2ccc(OC)c(S(N)(=O)=O)c2)cc1. The summed E-state index contributed by atoms with van der Waals surface area (Å²) in [5.41, 5.74) is 1.11. The number of anilines is 1. The highest BCUT2D eigenvalue weighted by Crippen LogP contribution is 2.26. The highest BCUT2D eigenvalue weighted by atomic mass is 32.2.